The van der Waals surface area contributed by atoms with Gasteiger partial charge in [-0.2, -0.15) is 0 Å². The molecule has 2 aromatic carbocycles. The number of nitrogens with one attached hydrogen (secondary N) is 1. The van der Waals surface area contributed by atoms with Gasteiger partial charge < -0.3 is 15.8 Å². The molecule has 20 heavy (non-hydrogen) atoms. The van der Waals surface area contributed by atoms with Gasteiger partial charge in [-0.1, -0.05) is 0 Å². The van der Waals surface area contributed by atoms with Gasteiger partial charge in [0.2, 0.25) is 0 Å². The molecule has 0 radical (unpaired) electrons. The average molecular weight is 278 g/mol. The summed E-state index contributed by atoms with van der Waals surface area (Å²) in [4.78, 5) is 11.9. The standard InChI is InChI=1S/C14H12F2N2O2/c1-20-9-4-2-8(3-5-9)14(19)18-13-11(17)7-6-10(15)12(13)16/h2-7H,17H2,1H3,(H,18,19). The number of nitrogen functional groups attached to an aromatic ring is 1. The molecule has 0 spiro atoms. The zero-order valence-electron chi connectivity index (χ0n) is 10.6. The SMILES string of the molecule is COc1ccc(C(=O)Nc2c(N)ccc(F)c2F)cc1. The largest absolute Gasteiger partial charge is 0.497 e. The number of methoxy groups -OCH3 is 1. The van der Waals surface area contributed by atoms with Crippen molar-refractivity contribution in [2.24, 2.45) is 0 Å². The van der Waals surface area contributed by atoms with E-state index < -0.39 is 17.5 Å². The Morgan fingerprint density at radius 1 is 1.15 bits per heavy atom. The number of nitrogens with two attached hydrogens (primary N) is 1. The molecule has 0 fully saturated rings. The summed E-state index contributed by atoms with van der Waals surface area (Å²) in [5.41, 5.74) is 5.37. The fraction of sp³-hybridized carbons (Fsp3) is 0.0714. The van der Waals surface area contributed by atoms with Crippen LogP contribution in [0.2, 0.25) is 0 Å². The zero-order chi connectivity index (χ0) is 14.7. The van der Waals surface area contributed by atoms with Crippen LogP contribution >= 0.6 is 0 Å². The lowest BCUT2D eigenvalue weighted by Crippen LogP contribution is -2.15. The Bertz CT molecular complexity index is 642. The van der Waals surface area contributed by atoms with E-state index in [1.54, 1.807) is 12.1 Å². The lowest BCUT2D eigenvalue weighted by Gasteiger charge is -2.10. The predicted octanol–water partition coefficient (Wildman–Crippen LogP) is 2.81. The quantitative estimate of drug-likeness (QED) is 0.848. The third kappa shape index (κ3) is 2.69. The highest BCUT2D eigenvalue weighted by molar-refractivity contribution is 6.05. The Labute approximate surface area is 114 Å². The number of hydrogen-bond donors (Lipinski definition) is 2. The second kappa shape index (κ2) is 5.56. The molecular weight excluding hydrogens is 266 g/mol. The summed E-state index contributed by atoms with van der Waals surface area (Å²) < 4.78 is 31.6. The summed E-state index contributed by atoms with van der Waals surface area (Å²) in [5, 5.41) is 2.25. The maximum atomic E-state index is 13.6. The lowest BCUT2D eigenvalue weighted by molar-refractivity contribution is 0.102. The molecule has 2 rings (SSSR count). The van der Waals surface area contributed by atoms with Gasteiger partial charge in [-0.15, -0.1) is 0 Å². The molecular formula is C14H12F2N2O2. The molecule has 1 amide bonds. The van der Waals surface area contributed by atoms with E-state index in [2.05, 4.69) is 5.32 Å². The molecule has 0 aliphatic carbocycles. The van der Waals surface area contributed by atoms with Crippen molar-refractivity contribution in [3.63, 3.8) is 0 Å². The summed E-state index contributed by atoms with van der Waals surface area (Å²) in [5.74, 6) is -2.28. The minimum Gasteiger partial charge on any atom is -0.497 e. The number of halogens is 2. The van der Waals surface area contributed by atoms with Crippen LogP contribution in [0.25, 0.3) is 0 Å². The van der Waals surface area contributed by atoms with E-state index in [-0.39, 0.29) is 16.9 Å². The molecule has 3 N–H and O–H groups in total. The minimum absolute atomic E-state index is 0.0502. The number of hydrogen-bond acceptors (Lipinski definition) is 3. The monoisotopic (exact) mass is 278 g/mol. The van der Waals surface area contributed by atoms with Crippen LogP contribution < -0.4 is 15.8 Å². The fourth-order valence-electron chi connectivity index (χ4n) is 1.62. The highest BCUT2D eigenvalue weighted by Crippen LogP contribution is 2.25. The van der Waals surface area contributed by atoms with Gasteiger partial charge in [-0.05, 0) is 36.4 Å². The number of carbonyl (C=O) groups is 1. The van der Waals surface area contributed by atoms with Crippen LogP contribution in [0.15, 0.2) is 36.4 Å². The molecule has 0 aliphatic heterocycles. The highest BCUT2D eigenvalue weighted by atomic mass is 19.2. The summed E-state index contributed by atoms with van der Waals surface area (Å²) in [6.07, 6.45) is 0. The summed E-state index contributed by atoms with van der Waals surface area (Å²) in [7, 11) is 1.50. The van der Waals surface area contributed by atoms with Gasteiger partial charge in [0.15, 0.2) is 11.6 Å². The molecule has 0 aliphatic rings. The Kier molecular flexibility index (Phi) is 3.84. The van der Waals surface area contributed by atoms with Crippen LogP contribution in [0.3, 0.4) is 0 Å². The summed E-state index contributed by atoms with van der Waals surface area (Å²) >= 11 is 0. The van der Waals surface area contributed by atoms with Crippen molar-refractivity contribution in [2.75, 3.05) is 18.2 Å². The van der Waals surface area contributed by atoms with E-state index in [9.17, 15) is 13.6 Å². The molecule has 4 nitrogen and oxygen atoms in total. The van der Waals surface area contributed by atoms with Gasteiger partial charge in [-0.25, -0.2) is 8.78 Å². The normalized spacial score (nSPS) is 10.2. The van der Waals surface area contributed by atoms with Crippen molar-refractivity contribution in [2.45, 2.75) is 0 Å². The second-order valence-electron chi connectivity index (χ2n) is 4.01. The Morgan fingerprint density at radius 3 is 2.40 bits per heavy atom. The summed E-state index contributed by atoms with van der Waals surface area (Å²) in [6, 6.07) is 8.25. The molecule has 0 saturated heterocycles. The van der Waals surface area contributed by atoms with Crippen molar-refractivity contribution >= 4 is 17.3 Å². The first-order chi connectivity index (χ1) is 9.52. The summed E-state index contributed by atoms with van der Waals surface area (Å²) in [6.45, 7) is 0. The van der Waals surface area contributed by atoms with E-state index in [1.165, 1.54) is 25.3 Å². The first-order valence-corrected chi connectivity index (χ1v) is 5.72. The van der Waals surface area contributed by atoms with Crippen molar-refractivity contribution < 1.29 is 18.3 Å². The molecule has 6 heteroatoms. The molecule has 0 bridgehead atoms. The molecule has 0 atom stereocenters. The number of rotatable bonds is 3. The van der Waals surface area contributed by atoms with Crippen LogP contribution in [-0.2, 0) is 0 Å². The fourth-order valence-corrected chi connectivity index (χ4v) is 1.62. The molecule has 0 heterocycles. The highest BCUT2D eigenvalue weighted by Gasteiger charge is 2.15. The third-order valence-corrected chi connectivity index (χ3v) is 2.72. The van der Waals surface area contributed by atoms with E-state index in [0.29, 0.717) is 5.75 Å². The van der Waals surface area contributed by atoms with Crippen molar-refractivity contribution in [1.29, 1.82) is 0 Å². The number of benzene rings is 2. The maximum Gasteiger partial charge on any atom is 0.255 e. The van der Waals surface area contributed by atoms with E-state index >= 15 is 0 Å². The van der Waals surface area contributed by atoms with Crippen LogP contribution in [0, 0.1) is 11.6 Å². The van der Waals surface area contributed by atoms with E-state index in [1.807, 2.05) is 0 Å². The van der Waals surface area contributed by atoms with Crippen molar-refractivity contribution in [3.05, 3.63) is 53.6 Å². The van der Waals surface area contributed by atoms with Gasteiger partial charge >= 0.3 is 0 Å². The van der Waals surface area contributed by atoms with E-state index in [4.69, 9.17) is 10.5 Å². The minimum atomic E-state index is -1.19. The topological polar surface area (TPSA) is 64.3 Å². The first kappa shape index (κ1) is 13.8. The van der Waals surface area contributed by atoms with Crippen molar-refractivity contribution in [1.82, 2.24) is 0 Å². The lowest BCUT2D eigenvalue weighted by atomic mass is 10.2. The Hall–Kier alpha value is -2.63. The van der Waals surface area contributed by atoms with Crippen LogP contribution in [0.5, 0.6) is 5.75 Å². The Balaban J connectivity index is 2.25. The van der Waals surface area contributed by atoms with Gasteiger partial charge in [0, 0.05) is 5.56 Å². The van der Waals surface area contributed by atoms with Crippen LogP contribution in [-0.4, -0.2) is 13.0 Å². The second-order valence-corrected chi connectivity index (χ2v) is 4.01. The molecule has 0 aromatic heterocycles. The first-order valence-electron chi connectivity index (χ1n) is 5.72. The van der Waals surface area contributed by atoms with Crippen LogP contribution in [0.4, 0.5) is 20.2 Å². The number of carbonyl (C=O) groups excluding carboxylic acids is 1. The molecule has 0 saturated carbocycles. The van der Waals surface area contributed by atoms with E-state index in [0.717, 1.165) is 6.07 Å². The maximum absolute atomic E-state index is 13.6. The average Bonchev–Trinajstić information content (AvgIpc) is 2.47. The zero-order valence-corrected chi connectivity index (χ0v) is 10.6. The molecule has 0 unspecified atom stereocenters. The Morgan fingerprint density at radius 2 is 1.80 bits per heavy atom. The number of ether oxygens (including phenoxy) is 1. The van der Waals surface area contributed by atoms with Gasteiger partial charge in [0.25, 0.3) is 5.91 Å². The molecule has 104 valence electrons. The van der Waals surface area contributed by atoms with Gasteiger partial charge in [0.05, 0.1) is 12.8 Å². The van der Waals surface area contributed by atoms with Gasteiger partial charge in [0.1, 0.15) is 11.4 Å². The predicted molar refractivity (Wildman–Crippen MR) is 71.7 cm³/mol. The smallest absolute Gasteiger partial charge is 0.255 e. The third-order valence-electron chi connectivity index (χ3n) is 2.72. The number of amides is 1. The molecule has 2 aromatic rings. The van der Waals surface area contributed by atoms with Crippen LogP contribution in [0.1, 0.15) is 10.4 Å². The number of anilines is 2. The van der Waals surface area contributed by atoms with Gasteiger partial charge in [-0.3, -0.25) is 4.79 Å². The van der Waals surface area contributed by atoms with Crippen molar-refractivity contribution in [3.8, 4) is 5.75 Å².